The Hall–Kier alpha value is -3.72. The molecule has 1 fully saturated rings. The Morgan fingerprint density at radius 1 is 1.00 bits per heavy atom. The molecule has 4 rings (SSSR count). The van der Waals surface area contributed by atoms with Crippen LogP contribution in [0.3, 0.4) is 0 Å². The number of aromatic nitrogens is 1. The van der Waals surface area contributed by atoms with Crippen molar-refractivity contribution in [3.05, 3.63) is 66.1 Å². The number of amides is 2. The Labute approximate surface area is 196 Å². The minimum Gasteiger partial charge on any atom is -0.434 e. The first-order valence-corrected chi connectivity index (χ1v) is 11.3. The molecule has 0 aliphatic carbocycles. The Kier molecular flexibility index (Phi) is 7.22. The summed E-state index contributed by atoms with van der Waals surface area (Å²) in [4.78, 5) is 44.4. The summed E-state index contributed by atoms with van der Waals surface area (Å²) in [5, 5.41) is 0. The van der Waals surface area contributed by atoms with Crippen LogP contribution in [0.5, 0.6) is 0 Å². The van der Waals surface area contributed by atoms with Gasteiger partial charge in [-0.05, 0) is 24.1 Å². The number of fused-ring (bicyclic) bond motifs is 1. The van der Waals surface area contributed by atoms with Gasteiger partial charge in [0.05, 0.1) is 13.2 Å². The first-order chi connectivity index (χ1) is 16.5. The molecule has 0 saturated carbocycles. The Balaban J connectivity index is 1.58. The van der Waals surface area contributed by atoms with E-state index in [1.54, 1.807) is 29.2 Å². The Bertz CT molecular complexity index is 1120. The van der Waals surface area contributed by atoms with Gasteiger partial charge in [-0.25, -0.2) is 9.78 Å². The number of morpholine rings is 1. The van der Waals surface area contributed by atoms with Gasteiger partial charge in [-0.2, -0.15) is 0 Å². The summed E-state index contributed by atoms with van der Waals surface area (Å²) in [5.74, 6) is -0.810. The number of primary amides is 1. The molecule has 34 heavy (non-hydrogen) atoms. The minimum absolute atomic E-state index is 0.0451. The molecule has 0 radical (unpaired) electrons. The summed E-state index contributed by atoms with van der Waals surface area (Å²) < 4.78 is 16.5. The van der Waals surface area contributed by atoms with Gasteiger partial charge in [-0.3, -0.25) is 9.59 Å². The van der Waals surface area contributed by atoms with E-state index in [2.05, 4.69) is 4.98 Å². The van der Waals surface area contributed by atoms with Gasteiger partial charge >= 0.3 is 6.09 Å². The van der Waals surface area contributed by atoms with E-state index in [-0.39, 0.29) is 36.8 Å². The van der Waals surface area contributed by atoms with Gasteiger partial charge in [0.1, 0.15) is 5.52 Å². The summed E-state index contributed by atoms with van der Waals surface area (Å²) in [7, 11) is 0. The van der Waals surface area contributed by atoms with Gasteiger partial charge in [0.15, 0.2) is 11.2 Å². The molecule has 1 atom stereocenters. The van der Waals surface area contributed by atoms with Gasteiger partial charge in [0.2, 0.25) is 5.78 Å². The van der Waals surface area contributed by atoms with Crippen LogP contribution in [-0.4, -0.2) is 59.6 Å². The third-order valence-electron chi connectivity index (χ3n) is 5.93. The van der Waals surface area contributed by atoms with Gasteiger partial charge in [-0.15, -0.1) is 0 Å². The molecule has 2 aromatic carbocycles. The number of benzene rings is 2. The molecule has 0 unspecified atom stereocenters. The van der Waals surface area contributed by atoms with Crippen molar-refractivity contribution in [3.8, 4) is 0 Å². The zero-order valence-corrected chi connectivity index (χ0v) is 18.8. The van der Waals surface area contributed by atoms with Crippen molar-refractivity contribution in [3.63, 3.8) is 0 Å². The highest BCUT2D eigenvalue weighted by Crippen LogP contribution is 2.30. The summed E-state index contributed by atoms with van der Waals surface area (Å²) in [6.07, 6.45) is -0.580. The number of nitrogens with two attached hydrogens (primary N) is 1. The van der Waals surface area contributed by atoms with E-state index in [0.717, 1.165) is 5.56 Å². The maximum atomic E-state index is 13.7. The fourth-order valence-electron chi connectivity index (χ4n) is 4.14. The molecule has 1 aromatic heterocycles. The average molecular weight is 466 g/mol. The first-order valence-electron chi connectivity index (χ1n) is 11.3. The van der Waals surface area contributed by atoms with E-state index in [0.29, 0.717) is 43.8 Å². The number of ether oxygens (including phenoxy) is 2. The lowest BCUT2D eigenvalue weighted by Crippen LogP contribution is -2.55. The molecule has 0 bridgehead atoms. The van der Waals surface area contributed by atoms with E-state index in [4.69, 9.17) is 19.6 Å². The number of hydrogen-bond donors (Lipinski definition) is 1. The molecule has 2 N–H and O–H groups in total. The zero-order valence-electron chi connectivity index (χ0n) is 18.8. The van der Waals surface area contributed by atoms with E-state index in [1.165, 1.54) is 0 Å². The number of aryl methyl sites for hydroxylation is 1. The number of carbonyl (C=O) groups excluding carboxylic acids is 3. The van der Waals surface area contributed by atoms with Crippen LogP contribution >= 0.6 is 0 Å². The van der Waals surface area contributed by atoms with E-state index >= 15 is 0 Å². The smallest absolute Gasteiger partial charge is 0.405 e. The van der Waals surface area contributed by atoms with Crippen LogP contribution in [0.15, 0.2) is 59.0 Å². The fourth-order valence-corrected chi connectivity index (χ4v) is 4.14. The van der Waals surface area contributed by atoms with Crippen LogP contribution in [0, 0.1) is 0 Å². The van der Waals surface area contributed by atoms with Crippen molar-refractivity contribution in [2.45, 2.75) is 31.3 Å². The van der Waals surface area contributed by atoms with Gasteiger partial charge in [0.25, 0.3) is 11.8 Å². The minimum atomic E-state index is -1.60. The van der Waals surface area contributed by atoms with Crippen molar-refractivity contribution in [2.75, 3.05) is 26.3 Å². The van der Waals surface area contributed by atoms with Crippen molar-refractivity contribution < 1.29 is 28.3 Å². The Morgan fingerprint density at radius 2 is 1.71 bits per heavy atom. The second-order valence-electron chi connectivity index (χ2n) is 8.22. The quantitative estimate of drug-likeness (QED) is 0.481. The largest absolute Gasteiger partial charge is 0.434 e. The lowest BCUT2D eigenvalue weighted by Gasteiger charge is -2.38. The Morgan fingerprint density at radius 3 is 2.41 bits per heavy atom. The summed E-state index contributed by atoms with van der Waals surface area (Å²) in [5.41, 5.74) is 5.85. The number of Topliss-reactive ketones (excluding diaryl/α,β-unsaturated/α-hetero) is 1. The van der Waals surface area contributed by atoms with Crippen LogP contribution in [0.1, 0.15) is 35.5 Å². The zero-order chi connectivity index (χ0) is 24.0. The SMILES string of the molecule is NC(=O)O[C@](CCC(=O)c1nc2ccccc2o1)(CCc1ccccc1)C(=O)N1CCOCC1. The standard InChI is InChI=1S/C25H27N3O6/c26-24(31)34-25(12-10-18-6-2-1-3-7-18,23(30)28-14-16-32-17-15-28)13-11-20(29)22-27-19-8-4-5-9-21(19)33-22/h1-9H,10-17H2,(H2,26,31)/t25-/m0/s1. The monoisotopic (exact) mass is 465 g/mol. The van der Waals surface area contributed by atoms with Gasteiger partial charge in [0, 0.05) is 32.4 Å². The molecule has 9 nitrogen and oxygen atoms in total. The molecular formula is C25H27N3O6. The average Bonchev–Trinajstić information content (AvgIpc) is 3.30. The highest BCUT2D eigenvalue weighted by molar-refractivity contribution is 5.95. The lowest BCUT2D eigenvalue weighted by molar-refractivity contribution is -0.156. The number of carbonyl (C=O) groups is 3. The number of oxazole rings is 1. The van der Waals surface area contributed by atoms with E-state index in [9.17, 15) is 14.4 Å². The topological polar surface area (TPSA) is 125 Å². The molecule has 0 spiro atoms. The molecule has 2 amide bonds. The van der Waals surface area contributed by atoms with E-state index in [1.807, 2.05) is 30.3 Å². The van der Waals surface area contributed by atoms with Crippen molar-refractivity contribution in [1.82, 2.24) is 9.88 Å². The molecule has 3 aromatic rings. The molecule has 2 heterocycles. The van der Waals surface area contributed by atoms with Crippen LogP contribution in [0.25, 0.3) is 11.1 Å². The predicted molar refractivity (Wildman–Crippen MR) is 123 cm³/mol. The van der Waals surface area contributed by atoms with Crippen LogP contribution < -0.4 is 5.73 Å². The van der Waals surface area contributed by atoms with Gasteiger partial charge in [-0.1, -0.05) is 42.5 Å². The maximum absolute atomic E-state index is 13.7. The van der Waals surface area contributed by atoms with Crippen LogP contribution in [-0.2, 0) is 20.7 Å². The second kappa shape index (κ2) is 10.5. The molecule has 1 aliphatic heterocycles. The first kappa shape index (κ1) is 23.4. The lowest BCUT2D eigenvalue weighted by atomic mass is 9.87. The number of para-hydroxylation sites is 2. The molecule has 1 saturated heterocycles. The maximum Gasteiger partial charge on any atom is 0.405 e. The summed E-state index contributed by atoms with van der Waals surface area (Å²) in [6.45, 7) is 1.51. The molecule has 1 aliphatic rings. The fraction of sp³-hybridized carbons (Fsp3) is 0.360. The van der Waals surface area contributed by atoms with Crippen LogP contribution in [0.2, 0.25) is 0 Å². The highest BCUT2D eigenvalue weighted by atomic mass is 16.6. The van der Waals surface area contributed by atoms with Crippen molar-refractivity contribution in [2.24, 2.45) is 5.73 Å². The van der Waals surface area contributed by atoms with E-state index < -0.39 is 11.7 Å². The van der Waals surface area contributed by atoms with Crippen LogP contribution in [0.4, 0.5) is 4.79 Å². The highest BCUT2D eigenvalue weighted by Gasteiger charge is 2.45. The number of rotatable bonds is 9. The number of ketones is 1. The van der Waals surface area contributed by atoms with Gasteiger partial charge < -0.3 is 24.5 Å². The molecular weight excluding hydrogens is 438 g/mol. The molecule has 178 valence electrons. The summed E-state index contributed by atoms with van der Waals surface area (Å²) in [6, 6.07) is 16.6. The van der Waals surface area contributed by atoms with Crippen molar-refractivity contribution in [1.29, 1.82) is 0 Å². The number of hydrogen-bond acceptors (Lipinski definition) is 7. The predicted octanol–water partition coefficient (Wildman–Crippen LogP) is 3.12. The second-order valence-corrected chi connectivity index (χ2v) is 8.22. The van der Waals surface area contributed by atoms with Crippen molar-refractivity contribution >= 4 is 28.9 Å². The third kappa shape index (κ3) is 5.43. The number of nitrogens with zero attached hydrogens (tertiary/aromatic N) is 2. The molecule has 9 heteroatoms. The summed E-state index contributed by atoms with van der Waals surface area (Å²) >= 11 is 0. The normalized spacial score (nSPS) is 15.6. The third-order valence-corrected chi connectivity index (χ3v) is 5.93.